The molecular weight excluding hydrogens is 362 g/mol. The molecule has 1 aromatic heterocycles. The Kier molecular flexibility index (Phi) is 5.17. The minimum absolute atomic E-state index is 0.327. The lowest BCUT2D eigenvalue weighted by molar-refractivity contribution is 0.0708. The van der Waals surface area contributed by atoms with Crippen molar-refractivity contribution in [3.8, 4) is 0 Å². The van der Waals surface area contributed by atoms with E-state index in [1.165, 1.54) is 0 Å². The molecule has 0 spiro atoms. The Morgan fingerprint density at radius 2 is 1.86 bits per heavy atom. The number of halogens is 2. The first-order valence-electron chi connectivity index (χ1n) is 9.49. The number of nitrogens with one attached hydrogen (secondary N) is 1. The van der Waals surface area contributed by atoms with Gasteiger partial charge < -0.3 is 15.0 Å². The summed E-state index contributed by atoms with van der Waals surface area (Å²) < 4.78 is 33.8. The van der Waals surface area contributed by atoms with Crippen LogP contribution in [0.5, 0.6) is 0 Å². The molecule has 7 heteroatoms. The fraction of sp³-hybridized carbons (Fsp3) is 0.381. The van der Waals surface area contributed by atoms with Crippen molar-refractivity contribution < 1.29 is 13.5 Å². The highest BCUT2D eigenvalue weighted by Gasteiger charge is 2.22. The molecule has 0 aliphatic carbocycles. The molecular formula is C21H24F2N4O. The van der Waals surface area contributed by atoms with E-state index >= 15 is 0 Å². The molecule has 1 unspecified atom stereocenters. The summed E-state index contributed by atoms with van der Waals surface area (Å²) in [6, 6.07) is 12.8. The zero-order valence-electron chi connectivity index (χ0n) is 16.0. The molecule has 28 heavy (non-hydrogen) atoms. The first-order valence-corrected chi connectivity index (χ1v) is 9.49. The Morgan fingerprint density at radius 1 is 1.11 bits per heavy atom. The van der Waals surface area contributed by atoms with Crippen LogP contribution in [0.2, 0.25) is 0 Å². The first kappa shape index (κ1) is 18.7. The van der Waals surface area contributed by atoms with Gasteiger partial charge in [-0.15, -0.1) is 0 Å². The van der Waals surface area contributed by atoms with E-state index < -0.39 is 6.55 Å². The molecule has 3 aromatic rings. The fourth-order valence-electron chi connectivity index (χ4n) is 3.70. The van der Waals surface area contributed by atoms with E-state index in [0.29, 0.717) is 16.9 Å². The van der Waals surface area contributed by atoms with Gasteiger partial charge in [-0.25, -0.2) is 4.98 Å². The van der Waals surface area contributed by atoms with Gasteiger partial charge in [-0.3, -0.25) is 4.57 Å². The van der Waals surface area contributed by atoms with Crippen LogP contribution in [0.15, 0.2) is 42.5 Å². The molecule has 1 saturated heterocycles. The number of morpholine rings is 1. The van der Waals surface area contributed by atoms with Gasteiger partial charge in [0.25, 0.3) is 0 Å². The SMILES string of the molecule is Cc1cc(N2CCOCC2)ccc1NC(C)c1nc2ccccc2n1C(F)F. The van der Waals surface area contributed by atoms with Crippen LogP contribution in [0.25, 0.3) is 11.0 Å². The number of hydrogen-bond acceptors (Lipinski definition) is 4. The second kappa shape index (κ2) is 7.75. The summed E-state index contributed by atoms with van der Waals surface area (Å²) in [6.45, 7) is 4.46. The number of aryl methyl sites for hydroxylation is 1. The van der Waals surface area contributed by atoms with Crippen LogP contribution >= 0.6 is 0 Å². The number of benzene rings is 2. The number of fused-ring (bicyclic) bond motifs is 1. The maximum atomic E-state index is 13.7. The molecule has 4 rings (SSSR count). The number of rotatable bonds is 5. The average molecular weight is 386 g/mol. The molecule has 5 nitrogen and oxygen atoms in total. The molecule has 0 amide bonds. The molecule has 2 heterocycles. The molecule has 1 N–H and O–H groups in total. The minimum atomic E-state index is -2.64. The van der Waals surface area contributed by atoms with E-state index in [1.54, 1.807) is 18.2 Å². The molecule has 0 saturated carbocycles. The lowest BCUT2D eigenvalue weighted by Crippen LogP contribution is -2.36. The largest absolute Gasteiger partial charge is 0.378 e. The number of anilines is 2. The summed E-state index contributed by atoms with van der Waals surface area (Å²) in [5.74, 6) is 0.327. The van der Waals surface area contributed by atoms with Gasteiger partial charge >= 0.3 is 6.55 Å². The lowest BCUT2D eigenvalue weighted by atomic mass is 10.1. The maximum absolute atomic E-state index is 13.7. The Bertz CT molecular complexity index is 966. The fourth-order valence-corrected chi connectivity index (χ4v) is 3.70. The summed E-state index contributed by atoms with van der Waals surface area (Å²) >= 11 is 0. The van der Waals surface area contributed by atoms with Gasteiger partial charge in [-0.2, -0.15) is 8.78 Å². The number of hydrogen-bond donors (Lipinski definition) is 1. The molecule has 0 radical (unpaired) electrons. The van der Waals surface area contributed by atoms with Crippen LogP contribution in [0.3, 0.4) is 0 Å². The second-order valence-electron chi connectivity index (χ2n) is 7.07. The standard InChI is InChI=1S/C21H24F2N4O/c1-14-13-16(26-9-11-28-12-10-26)7-8-17(14)24-15(2)20-25-18-5-3-4-6-19(18)27(20)21(22)23/h3-8,13,15,21,24H,9-12H2,1-2H3. The van der Waals surface area contributed by atoms with Gasteiger partial charge in [0.1, 0.15) is 5.82 Å². The highest BCUT2D eigenvalue weighted by atomic mass is 19.3. The van der Waals surface area contributed by atoms with Crippen molar-refractivity contribution in [2.45, 2.75) is 26.4 Å². The predicted octanol–water partition coefficient (Wildman–Crippen LogP) is 4.75. The summed E-state index contributed by atoms with van der Waals surface area (Å²) in [5, 5.41) is 3.35. The highest BCUT2D eigenvalue weighted by molar-refractivity contribution is 5.76. The Balaban J connectivity index is 1.59. The van der Waals surface area contributed by atoms with Crippen molar-refractivity contribution >= 4 is 22.4 Å². The number of imidazole rings is 1. The smallest absolute Gasteiger partial charge is 0.320 e. The first-order chi connectivity index (χ1) is 13.5. The zero-order valence-corrected chi connectivity index (χ0v) is 16.0. The Hall–Kier alpha value is -2.67. The minimum Gasteiger partial charge on any atom is -0.378 e. The number of ether oxygens (including phenoxy) is 1. The van der Waals surface area contributed by atoms with E-state index in [4.69, 9.17) is 4.74 Å². The third-order valence-electron chi connectivity index (χ3n) is 5.16. The number of alkyl halides is 2. The maximum Gasteiger partial charge on any atom is 0.320 e. The summed E-state index contributed by atoms with van der Waals surface area (Å²) in [6.07, 6.45) is 0. The van der Waals surface area contributed by atoms with Crippen molar-refractivity contribution in [2.75, 3.05) is 36.5 Å². The normalized spacial score (nSPS) is 16.0. The average Bonchev–Trinajstić information content (AvgIpc) is 3.10. The van der Waals surface area contributed by atoms with Gasteiger partial charge in [0.2, 0.25) is 0 Å². The number of nitrogens with zero attached hydrogens (tertiary/aromatic N) is 3. The van der Waals surface area contributed by atoms with Gasteiger partial charge in [-0.05, 0) is 49.7 Å². The molecule has 148 valence electrons. The predicted molar refractivity (Wildman–Crippen MR) is 107 cm³/mol. The molecule has 1 aliphatic heterocycles. The van der Waals surface area contributed by atoms with Crippen LogP contribution in [-0.2, 0) is 4.74 Å². The van der Waals surface area contributed by atoms with Gasteiger partial charge in [0, 0.05) is 24.5 Å². The van der Waals surface area contributed by atoms with Crippen LogP contribution < -0.4 is 10.2 Å². The van der Waals surface area contributed by atoms with Gasteiger partial charge in [0.05, 0.1) is 30.3 Å². The topological polar surface area (TPSA) is 42.3 Å². The summed E-state index contributed by atoms with van der Waals surface area (Å²) in [7, 11) is 0. The molecule has 1 aliphatic rings. The molecule has 1 atom stereocenters. The summed E-state index contributed by atoms with van der Waals surface area (Å²) in [5.41, 5.74) is 4.15. The quantitative estimate of drug-likeness (QED) is 0.687. The zero-order chi connectivity index (χ0) is 19.7. The van der Waals surface area contributed by atoms with E-state index in [-0.39, 0.29) is 6.04 Å². The Morgan fingerprint density at radius 3 is 2.57 bits per heavy atom. The van der Waals surface area contributed by atoms with E-state index in [1.807, 2.05) is 26.0 Å². The third-order valence-corrected chi connectivity index (χ3v) is 5.16. The molecule has 1 fully saturated rings. The van der Waals surface area contributed by atoms with Crippen molar-refractivity contribution in [3.63, 3.8) is 0 Å². The third kappa shape index (κ3) is 3.54. The monoisotopic (exact) mass is 386 g/mol. The molecule has 2 aromatic carbocycles. The van der Waals surface area contributed by atoms with E-state index in [2.05, 4.69) is 27.3 Å². The van der Waals surface area contributed by atoms with Crippen LogP contribution in [0.1, 0.15) is 30.9 Å². The second-order valence-corrected chi connectivity index (χ2v) is 7.07. The van der Waals surface area contributed by atoms with Crippen LogP contribution in [-0.4, -0.2) is 35.9 Å². The van der Waals surface area contributed by atoms with Crippen molar-refractivity contribution in [3.05, 3.63) is 53.9 Å². The van der Waals surface area contributed by atoms with Crippen LogP contribution in [0, 0.1) is 6.92 Å². The summed E-state index contributed by atoms with van der Waals surface area (Å²) in [4.78, 5) is 6.74. The molecule has 0 bridgehead atoms. The van der Waals surface area contributed by atoms with E-state index in [0.717, 1.165) is 47.8 Å². The highest BCUT2D eigenvalue weighted by Crippen LogP contribution is 2.30. The van der Waals surface area contributed by atoms with Crippen molar-refractivity contribution in [1.29, 1.82) is 0 Å². The number of para-hydroxylation sites is 2. The van der Waals surface area contributed by atoms with Crippen molar-refractivity contribution in [1.82, 2.24) is 9.55 Å². The van der Waals surface area contributed by atoms with Crippen molar-refractivity contribution in [2.24, 2.45) is 0 Å². The lowest BCUT2D eigenvalue weighted by Gasteiger charge is -2.29. The Labute approximate surface area is 162 Å². The van der Waals surface area contributed by atoms with Gasteiger partial charge in [0.15, 0.2) is 0 Å². The number of aromatic nitrogens is 2. The van der Waals surface area contributed by atoms with Crippen LogP contribution in [0.4, 0.5) is 20.2 Å². The van der Waals surface area contributed by atoms with Gasteiger partial charge in [-0.1, -0.05) is 12.1 Å². The van der Waals surface area contributed by atoms with E-state index in [9.17, 15) is 8.78 Å².